The maximum Gasteiger partial charge on any atom is 0.439 e. The Hall–Kier alpha value is 1.31. The molecule has 0 aromatic heterocycles. The van der Waals surface area contributed by atoms with Gasteiger partial charge in [-0.15, -0.1) is 0 Å². The Morgan fingerprint density at radius 3 is 2.40 bits per heavy atom. The average Bonchev–Trinajstić information content (AvgIpc) is 1.87. The first-order valence-corrected chi connectivity index (χ1v) is 4.50. The van der Waals surface area contributed by atoms with Crippen LogP contribution in [-0.2, 0) is 9.14 Å². The molecule has 0 spiro atoms. The van der Waals surface area contributed by atoms with Crippen LogP contribution in [0.5, 0.6) is 0 Å². The average molecular weight is 357 g/mol. The van der Waals surface area contributed by atoms with Crippen molar-refractivity contribution in [3.05, 3.63) is 0 Å². The zero-order chi connectivity index (χ0) is 8.15. The van der Waals surface area contributed by atoms with Crippen molar-refractivity contribution in [2.45, 2.75) is 0 Å². The maximum atomic E-state index is 10.5. The van der Waals surface area contributed by atoms with E-state index in [9.17, 15) is 4.79 Å². The van der Waals surface area contributed by atoms with E-state index < -0.39 is 11.8 Å². The van der Waals surface area contributed by atoms with E-state index in [1.54, 1.807) is 45.0 Å². The van der Waals surface area contributed by atoms with E-state index in [0.717, 1.165) is 0 Å². The van der Waals surface area contributed by atoms with Crippen molar-refractivity contribution < 1.29 is 13.9 Å². The SMILES string of the molecule is [B]OB([B])OB(I)C(=O)I. The fraction of sp³-hybridized carbons (Fsp3) is 0. The van der Waals surface area contributed by atoms with Crippen LogP contribution in [0.15, 0.2) is 0 Å². The molecule has 4 radical (unpaired) electrons. The van der Waals surface area contributed by atoms with Gasteiger partial charge in [0.05, 0.1) is 0 Å². The van der Waals surface area contributed by atoms with Crippen LogP contribution in [0.3, 0.4) is 0 Å². The third kappa shape index (κ3) is 5.03. The zero-order valence-corrected chi connectivity index (χ0v) is 9.11. The van der Waals surface area contributed by atoms with Crippen molar-refractivity contribution in [1.82, 2.24) is 0 Å². The standard InChI is InChI=1S/CB4I2O3/c2-5(9-3)10-4(7)1(6)8. The molecule has 0 fully saturated rings. The van der Waals surface area contributed by atoms with Crippen molar-refractivity contribution >= 4 is 76.2 Å². The van der Waals surface area contributed by atoms with Gasteiger partial charge in [0.15, 0.2) is 3.69 Å². The third-order valence-corrected chi connectivity index (χ3v) is 3.18. The van der Waals surface area contributed by atoms with Crippen molar-refractivity contribution in [3.8, 4) is 0 Å². The van der Waals surface area contributed by atoms with Crippen LogP contribution in [0, 0.1) is 0 Å². The van der Waals surface area contributed by atoms with Crippen molar-refractivity contribution in [2.24, 2.45) is 0 Å². The monoisotopic (exact) mass is 358 g/mol. The van der Waals surface area contributed by atoms with Crippen LogP contribution in [0.2, 0.25) is 0 Å². The van der Waals surface area contributed by atoms with Crippen LogP contribution in [0.1, 0.15) is 0 Å². The van der Waals surface area contributed by atoms with Gasteiger partial charge < -0.3 is 9.14 Å². The summed E-state index contributed by atoms with van der Waals surface area (Å²) >= 11 is 3.37. The fourth-order valence-electron chi connectivity index (χ4n) is 0.203. The smallest absolute Gasteiger partial charge is 0.439 e. The minimum atomic E-state index is -1.04. The molecule has 0 aliphatic rings. The third-order valence-electron chi connectivity index (χ3n) is 0.566. The molecule has 0 amide bonds. The lowest BCUT2D eigenvalue weighted by molar-refractivity contribution is 0.275. The van der Waals surface area contributed by atoms with Crippen molar-refractivity contribution in [1.29, 1.82) is 0 Å². The highest BCUT2D eigenvalue weighted by molar-refractivity contribution is 14.2. The molecule has 9 heteroatoms. The van der Waals surface area contributed by atoms with Crippen molar-refractivity contribution in [3.63, 3.8) is 0 Å². The number of carbonyl (C=O) groups excluding carboxylic acids is 1. The summed E-state index contributed by atoms with van der Waals surface area (Å²) in [6, 6.07) is 0. The Labute approximate surface area is 89.5 Å². The molecule has 0 bridgehead atoms. The van der Waals surface area contributed by atoms with Gasteiger partial charge in [-0.25, -0.2) is 0 Å². The van der Waals surface area contributed by atoms with Crippen LogP contribution >= 0.6 is 45.0 Å². The van der Waals surface area contributed by atoms with Gasteiger partial charge in [0.1, 0.15) is 7.74 Å². The van der Waals surface area contributed by atoms with E-state index in [2.05, 4.69) is 12.6 Å². The number of halogens is 2. The highest BCUT2D eigenvalue weighted by atomic mass is 127. The molecule has 0 saturated carbocycles. The van der Waals surface area contributed by atoms with Gasteiger partial charge in [-0.3, -0.25) is 4.79 Å². The number of carbonyl (C=O) groups is 1. The van der Waals surface area contributed by atoms with Gasteiger partial charge in [0.25, 0.3) is 8.05 Å². The predicted octanol–water partition coefficient (Wildman–Crippen LogP) is 0.316. The van der Waals surface area contributed by atoms with Crippen molar-refractivity contribution in [2.75, 3.05) is 0 Å². The second kappa shape index (κ2) is 5.90. The Morgan fingerprint density at radius 2 is 2.10 bits per heavy atom. The Balaban J connectivity index is 3.56. The summed E-state index contributed by atoms with van der Waals surface area (Å²) in [6.45, 7) is 0. The molecule has 0 aliphatic carbocycles. The number of rotatable bonds is 4. The van der Waals surface area contributed by atoms with Gasteiger partial charge in [-0.05, 0) is 22.6 Å². The zero-order valence-electron chi connectivity index (χ0n) is 4.79. The van der Waals surface area contributed by atoms with E-state index in [4.69, 9.17) is 12.3 Å². The van der Waals surface area contributed by atoms with Crippen LogP contribution in [0.4, 0.5) is 4.79 Å². The first kappa shape index (κ1) is 11.3. The molecule has 0 rings (SSSR count). The number of hydrogen-bond donors (Lipinski definition) is 0. The topological polar surface area (TPSA) is 35.5 Å². The van der Waals surface area contributed by atoms with E-state index in [0.29, 0.717) is 0 Å². The Kier molecular flexibility index (Phi) is 6.67. The molecule has 0 N–H and O–H groups in total. The summed E-state index contributed by atoms with van der Waals surface area (Å²) in [4.78, 5) is 10.5. The molecule has 0 saturated heterocycles. The highest BCUT2D eigenvalue weighted by Crippen LogP contribution is 2.06. The highest BCUT2D eigenvalue weighted by Gasteiger charge is 2.22. The van der Waals surface area contributed by atoms with Gasteiger partial charge in [-0.1, -0.05) is 22.4 Å². The minimum absolute atomic E-state index is 0.161. The van der Waals surface area contributed by atoms with E-state index >= 15 is 0 Å². The molecule has 48 valence electrons. The van der Waals surface area contributed by atoms with E-state index in [-0.39, 0.29) is 3.69 Å². The summed E-state index contributed by atoms with van der Waals surface area (Å²) in [6.07, 6.45) is 0. The normalized spacial score (nSPS) is 9.00. The molecular weight excluding hydrogens is 357 g/mol. The molecule has 0 atom stereocenters. The first-order valence-electron chi connectivity index (χ1n) is 2.18. The molecule has 0 unspecified atom stereocenters. The molecule has 0 aliphatic heterocycles. The second-order valence-electron chi connectivity index (χ2n) is 1.26. The van der Waals surface area contributed by atoms with E-state index in [1.807, 2.05) is 0 Å². The molecule has 0 aromatic carbocycles. The number of hydrogen-bond acceptors (Lipinski definition) is 3. The summed E-state index contributed by atoms with van der Waals surface area (Å²) in [5.74, 6) is 0. The van der Waals surface area contributed by atoms with Gasteiger partial charge >= 0.3 is 11.8 Å². The summed E-state index contributed by atoms with van der Waals surface area (Å²) in [5, 5.41) is 0. The lowest BCUT2D eigenvalue weighted by Gasteiger charge is -2.08. The lowest BCUT2D eigenvalue weighted by atomic mass is 9.61. The summed E-state index contributed by atoms with van der Waals surface area (Å²) < 4.78 is 8.01. The molecule has 3 nitrogen and oxygen atoms in total. The molecule has 0 aromatic rings. The van der Waals surface area contributed by atoms with Crippen LogP contribution in [-0.4, -0.2) is 31.3 Å². The molecule has 0 heterocycles. The quantitative estimate of drug-likeness (QED) is 0.413. The Bertz CT molecular complexity index is 121. The maximum absolute atomic E-state index is 10.5. The fourth-order valence-corrected chi connectivity index (χ4v) is 0.639. The first-order chi connectivity index (χ1) is 4.57. The van der Waals surface area contributed by atoms with Gasteiger partial charge in [0.2, 0.25) is 0 Å². The predicted molar refractivity (Wildman–Crippen MR) is 58.6 cm³/mol. The summed E-state index contributed by atoms with van der Waals surface area (Å²) in [7, 11) is 8.69. The van der Waals surface area contributed by atoms with Gasteiger partial charge in [0, 0.05) is 0 Å². The second-order valence-corrected chi connectivity index (χ2v) is 3.46. The van der Waals surface area contributed by atoms with Crippen LogP contribution < -0.4 is 0 Å². The minimum Gasteiger partial charge on any atom is -0.491 e. The summed E-state index contributed by atoms with van der Waals surface area (Å²) in [5.41, 5.74) is 0. The molecule has 10 heavy (non-hydrogen) atoms. The largest absolute Gasteiger partial charge is 0.491 e. The van der Waals surface area contributed by atoms with Gasteiger partial charge in [-0.2, -0.15) is 0 Å². The molecular formula is CB4I2O3. The van der Waals surface area contributed by atoms with Crippen LogP contribution in [0.25, 0.3) is 0 Å². The van der Waals surface area contributed by atoms with E-state index in [1.165, 1.54) is 0 Å². The lowest BCUT2D eigenvalue weighted by Crippen LogP contribution is -2.31. The Morgan fingerprint density at radius 1 is 1.60 bits per heavy atom.